The molecule has 4 N–H and O–H groups in total. The summed E-state index contributed by atoms with van der Waals surface area (Å²) in [5, 5.41) is 11.2. The van der Waals surface area contributed by atoms with Crippen molar-refractivity contribution in [2.75, 3.05) is 39.9 Å². The molecule has 0 unspecified atom stereocenters. The maximum atomic E-state index is 13.1. The standard InChI is InChI=1S/C29H43N5O7/c1-19(2)16-23-29(39)34(3)14-13-30-26(36)18-41-21-10-8-20(9-11-21)17-22(33-28(38)24-6-5-15-40-24)27(37)31-12-4-7-25(35)32-23/h8-11,19,22-24H,4-7,12-18H2,1-3H3,(H,30,36)(H,31,37)(H,32,35)(H,33,38)/t22-,23-,24-/m0/s1. The molecule has 3 aliphatic rings. The van der Waals surface area contributed by atoms with Crippen LogP contribution in [0.15, 0.2) is 24.3 Å². The molecule has 226 valence electrons. The highest BCUT2D eigenvalue weighted by Gasteiger charge is 2.29. The van der Waals surface area contributed by atoms with Gasteiger partial charge in [-0.25, -0.2) is 0 Å². The van der Waals surface area contributed by atoms with Crippen molar-refractivity contribution < 1.29 is 33.4 Å². The smallest absolute Gasteiger partial charge is 0.258 e. The second kappa shape index (κ2) is 15.9. The van der Waals surface area contributed by atoms with E-state index in [1.165, 1.54) is 4.90 Å². The third-order valence-electron chi connectivity index (χ3n) is 6.95. The van der Waals surface area contributed by atoms with E-state index in [0.29, 0.717) is 31.6 Å². The van der Waals surface area contributed by atoms with Crippen LogP contribution in [-0.2, 0) is 35.1 Å². The van der Waals surface area contributed by atoms with Crippen LogP contribution in [0.5, 0.6) is 5.75 Å². The molecule has 2 bridgehead atoms. The summed E-state index contributed by atoms with van der Waals surface area (Å²) in [5.41, 5.74) is 0.792. The monoisotopic (exact) mass is 573 g/mol. The Kier molecular flexibility index (Phi) is 12.4. The minimum Gasteiger partial charge on any atom is -0.484 e. The molecule has 1 fully saturated rings. The molecule has 41 heavy (non-hydrogen) atoms. The van der Waals surface area contributed by atoms with Gasteiger partial charge < -0.3 is 35.6 Å². The van der Waals surface area contributed by atoms with Crippen molar-refractivity contribution in [1.29, 1.82) is 0 Å². The highest BCUT2D eigenvalue weighted by Crippen LogP contribution is 2.16. The number of rotatable bonds is 4. The van der Waals surface area contributed by atoms with Gasteiger partial charge in [0.25, 0.3) is 5.91 Å². The third-order valence-corrected chi connectivity index (χ3v) is 6.95. The van der Waals surface area contributed by atoms with Gasteiger partial charge in [0.2, 0.25) is 23.6 Å². The van der Waals surface area contributed by atoms with E-state index in [1.807, 2.05) is 13.8 Å². The molecule has 12 heteroatoms. The lowest BCUT2D eigenvalue weighted by Crippen LogP contribution is -2.51. The summed E-state index contributed by atoms with van der Waals surface area (Å²) in [6, 6.07) is 5.40. The van der Waals surface area contributed by atoms with Crippen molar-refractivity contribution in [1.82, 2.24) is 26.2 Å². The van der Waals surface area contributed by atoms with Crippen LogP contribution in [0, 0.1) is 5.92 Å². The van der Waals surface area contributed by atoms with Crippen LogP contribution in [-0.4, -0.2) is 92.5 Å². The molecule has 0 radical (unpaired) electrons. The van der Waals surface area contributed by atoms with E-state index in [2.05, 4.69) is 21.3 Å². The molecule has 12 nitrogen and oxygen atoms in total. The van der Waals surface area contributed by atoms with Gasteiger partial charge in [0.05, 0.1) is 0 Å². The molecule has 0 saturated carbocycles. The van der Waals surface area contributed by atoms with Crippen LogP contribution < -0.4 is 26.0 Å². The number of hydrogen-bond acceptors (Lipinski definition) is 7. The Labute approximate surface area is 241 Å². The van der Waals surface area contributed by atoms with Gasteiger partial charge in [0, 0.05) is 46.1 Å². The van der Waals surface area contributed by atoms with Crippen molar-refractivity contribution in [2.45, 2.75) is 70.6 Å². The molecule has 1 aromatic rings. The van der Waals surface area contributed by atoms with Crippen molar-refractivity contribution in [2.24, 2.45) is 5.92 Å². The van der Waals surface area contributed by atoms with Gasteiger partial charge in [-0.3, -0.25) is 24.0 Å². The van der Waals surface area contributed by atoms with Crippen LogP contribution >= 0.6 is 0 Å². The van der Waals surface area contributed by atoms with Gasteiger partial charge in [-0.05, 0) is 49.3 Å². The van der Waals surface area contributed by atoms with Gasteiger partial charge in [0.15, 0.2) is 6.61 Å². The number of ether oxygens (including phenoxy) is 2. The second-order valence-electron chi connectivity index (χ2n) is 11.0. The van der Waals surface area contributed by atoms with Gasteiger partial charge in [-0.1, -0.05) is 26.0 Å². The molecule has 3 heterocycles. The highest BCUT2D eigenvalue weighted by molar-refractivity contribution is 5.90. The predicted molar refractivity (Wildman–Crippen MR) is 151 cm³/mol. The summed E-state index contributed by atoms with van der Waals surface area (Å²) in [7, 11) is 1.63. The van der Waals surface area contributed by atoms with E-state index >= 15 is 0 Å². The maximum Gasteiger partial charge on any atom is 0.258 e. The molecule has 1 saturated heterocycles. The summed E-state index contributed by atoms with van der Waals surface area (Å²) in [6.07, 6.45) is 2.00. The molecule has 0 aliphatic carbocycles. The van der Waals surface area contributed by atoms with Crippen molar-refractivity contribution in [3.05, 3.63) is 29.8 Å². The van der Waals surface area contributed by atoms with Crippen molar-refractivity contribution in [3.63, 3.8) is 0 Å². The molecular weight excluding hydrogens is 530 g/mol. The molecular formula is C29H43N5O7. The average molecular weight is 574 g/mol. The Balaban J connectivity index is 1.72. The summed E-state index contributed by atoms with van der Waals surface area (Å²) in [5.74, 6) is -0.915. The van der Waals surface area contributed by atoms with Crippen LogP contribution in [0.25, 0.3) is 0 Å². The van der Waals surface area contributed by atoms with Crippen molar-refractivity contribution >= 4 is 29.5 Å². The normalized spacial score (nSPS) is 24.0. The fourth-order valence-corrected chi connectivity index (χ4v) is 4.70. The quantitative estimate of drug-likeness (QED) is 0.377. The number of amides is 5. The second-order valence-corrected chi connectivity index (χ2v) is 11.0. The molecule has 0 aromatic heterocycles. The summed E-state index contributed by atoms with van der Waals surface area (Å²) < 4.78 is 11.0. The molecule has 0 spiro atoms. The zero-order valence-electron chi connectivity index (χ0n) is 24.2. The van der Waals surface area contributed by atoms with Crippen LogP contribution in [0.1, 0.15) is 51.5 Å². The van der Waals surface area contributed by atoms with Crippen LogP contribution in [0.3, 0.4) is 0 Å². The van der Waals surface area contributed by atoms with Gasteiger partial charge in [-0.2, -0.15) is 0 Å². The molecule has 3 atom stereocenters. The first-order chi connectivity index (χ1) is 19.6. The highest BCUT2D eigenvalue weighted by atomic mass is 16.5. The number of nitrogens with one attached hydrogen (secondary N) is 4. The van der Waals surface area contributed by atoms with Gasteiger partial charge >= 0.3 is 0 Å². The Hall–Kier alpha value is -3.67. The summed E-state index contributed by atoms with van der Waals surface area (Å²) in [4.78, 5) is 65.3. The fraction of sp³-hybridized carbons (Fsp3) is 0.621. The van der Waals surface area contributed by atoms with Crippen LogP contribution in [0.2, 0.25) is 0 Å². The topological polar surface area (TPSA) is 155 Å². The van der Waals surface area contributed by atoms with E-state index in [9.17, 15) is 24.0 Å². The SMILES string of the molecule is CC(C)C[C@@H]1NC(=O)CCCNC(=O)[C@@H](NC(=O)[C@@H]2CCCO2)Cc2ccc(cc2)OCC(=O)NCCN(C)C1=O. The molecule has 4 rings (SSSR count). The molecule has 3 aliphatic heterocycles. The minimum absolute atomic E-state index is 0.121. The fourth-order valence-electron chi connectivity index (χ4n) is 4.70. The minimum atomic E-state index is -0.848. The first-order valence-corrected chi connectivity index (χ1v) is 14.3. The number of fused-ring (bicyclic) bond motifs is 19. The Morgan fingerprint density at radius 1 is 1.05 bits per heavy atom. The summed E-state index contributed by atoms with van der Waals surface area (Å²) >= 11 is 0. The number of nitrogens with zero attached hydrogens (tertiary/aromatic N) is 1. The number of hydrogen-bond donors (Lipinski definition) is 4. The molecule has 5 amide bonds. The largest absolute Gasteiger partial charge is 0.484 e. The maximum absolute atomic E-state index is 13.1. The lowest BCUT2D eigenvalue weighted by molar-refractivity contribution is -0.136. The number of likely N-dealkylation sites (N-methyl/N-ethyl adjacent to an activating group) is 1. The van der Waals surface area contributed by atoms with Gasteiger partial charge in [0.1, 0.15) is 23.9 Å². The van der Waals surface area contributed by atoms with E-state index in [-0.39, 0.29) is 74.5 Å². The zero-order chi connectivity index (χ0) is 29.8. The number of benzene rings is 1. The van der Waals surface area contributed by atoms with E-state index in [1.54, 1.807) is 31.3 Å². The van der Waals surface area contributed by atoms with Crippen molar-refractivity contribution in [3.8, 4) is 5.75 Å². The number of carbonyl (C=O) groups excluding carboxylic acids is 5. The lowest BCUT2D eigenvalue weighted by Gasteiger charge is -2.26. The Morgan fingerprint density at radius 2 is 1.80 bits per heavy atom. The molecule has 1 aromatic carbocycles. The average Bonchev–Trinajstić information content (AvgIpc) is 3.48. The lowest BCUT2D eigenvalue weighted by atomic mass is 10.0. The summed E-state index contributed by atoms with van der Waals surface area (Å²) in [6.45, 7) is 5.00. The predicted octanol–water partition coefficient (Wildman–Crippen LogP) is 0.287. The zero-order valence-corrected chi connectivity index (χ0v) is 24.2. The van der Waals surface area contributed by atoms with Gasteiger partial charge in [-0.15, -0.1) is 0 Å². The Morgan fingerprint density at radius 3 is 2.49 bits per heavy atom. The Bertz CT molecular complexity index is 1060. The van der Waals surface area contributed by atoms with E-state index < -0.39 is 18.2 Å². The van der Waals surface area contributed by atoms with Crippen LogP contribution in [0.4, 0.5) is 0 Å². The first-order valence-electron chi connectivity index (χ1n) is 14.3. The number of carbonyl (C=O) groups is 5. The first kappa shape index (κ1) is 31.9. The van der Waals surface area contributed by atoms with E-state index in [0.717, 1.165) is 12.0 Å². The van der Waals surface area contributed by atoms with E-state index in [4.69, 9.17) is 9.47 Å². The third kappa shape index (κ3) is 10.7.